The number of nitrogens with one attached hydrogen (secondary N) is 1. The third kappa shape index (κ3) is 4.96. The molecule has 0 aliphatic carbocycles. The van der Waals surface area contributed by atoms with E-state index in [1.807, 2.05) is 6.07 Å². The molecule has 1 aliphatic heterocycles. The molecule has 0 bridgehead atoms. The summed E-state index contributed by atoms with van der Waals surface area (Å²) < 4.78 is 28.7. The van der Waals surface area contributed by atoms with Crippen molar-refractivity contribution in [3.8, 4) is 0 Å². The van der Waals surface area contributed by atoms with E-state index in [0.717, 1.165) is 0 Å². The maximum absolute atomic E-state index is 13.2. The van der Waals surface area contributed by atoms with E-state index < -0.39 is 15.9 Å². The molecule has 0 atom stereocenters. The lowest BCUT2D eigenvalue weighted by Gasteiger charge is -2.34. The number of carbonyl (C=O) groups is 3. The number of carbonyl (C=O) groups excluding carboxylic acids is 3. The first-order chi connectivity index (χ1) is 16.7. The Labute approximate surface area is 203 Å². The summed E-state index contributed by atoms with van der Waals surface area (Å²) in [5.41, 5.74) is 6.55. The average molecular weight is 496 g/mol. The number of sulfonamides is 1. The van der Waals surface area contributed by atoms with Gasteiger partial charge in [0.05, 0.1) is 11.3 Å². The summed E-state index contributed by atoms with van der Waals surface area (Å²) in [4.78, 5) is 38.8. The van der Waals surface area contributed by atoms with Crippen molar-refractivity contribution in [2.75, 3.05) is 31.5 Å². The predicted octanol–water partition coefficient (Wildman–Crippen LogP) is 1.52. The lowest BCUT2D eigenvalue weighted by atomic mass is 10.1. The molecule has 1 saturated heterocycles. The number of benzene rings is 2. The highest BCUT2D eigenvalue weighted by Crippen LogP contribution is 2.23. The van der Waals surface area contributed by atoms with Crippen LogP contribution in [0, 0.1) is 0 Å². The molecule has 3 amide bonds. The van der Waals surface area contributed by atoms with Gasteiger partial charge in [0.25, 0.3) is 17.7 Å². The molecule has 2 heterocycles. The number of nitrogens with zero attached hydrogens (tertiary/aromatic N) is 3. The maximum Gasteiger partial charge on any atom is 0.265 e. The molecule has 0 spiro atoms. The molecular weight excluding hydrogens is 470 g/mol. The summed E-state index contributed by atoms with van der Waals surface area (Å²) in [5, 5.41) is 2.79. The molecule has 0 radical (unpaired) electrons. The summed E-state index contributed by atoms with van der Waals surface area (Å²) in [5.74, 6) is -1.36. The van der Waals surface area contributed by atoms with Gasteiger partial charge in [-0.1, -0.05) is 30.3 Å². The van der Waals surface area contributed by atoms with Crippen molar-refractivity contribution >= 4 is 33.4 Å². The first-order valence-electron chi connectivity index (χ1n) is 10.9. The molecule has 1 fully saturated rings. The van der Waals surface area contributed by atoms with E-state index >= 15 is 0 Å². The fourth-order valence-electron chi connectivity index (χ4n) is 3.93. The Balaban J connectivity index is 1.46. The van der Waals surface area contributed by atoms with Gasteiger partial charge in [-0.3, -0.25) is 14.4 Å². The lowest BCUT2D eigenvalue weighted by molar-refractivity contribution is 0.0698. The predicted molar refractivity (Wildman–Crippen MR) is 129 cm³/mol. The molecule has 1 aliphatic rings. The number of aryl methyl sites for hydroxylation is 1. The summed E-state index contributed by atoms with van der Waals surface area (Å²) in [6, 6.07) is 16.6. The standard InChI is InChI=1S/C24H25N5O5S/c1-27-16-18(15-21(27)22(25)30)35(33,34)29-13-11-28(12-14-29)24(32)19-9-5-6-10-20(19)26-23(31)17-7-3-2-4-8-17/h2-10,15-16H,11-14H2,1H3,(H2,25,30)(H,26,31). The van der Waals surface area contributed by atoms with E-state index in [1.165, 1.54) is 21.1 Å². The number of rotatable bonds is 6. The van der Waals surface area contributed by atoms with Crippen molar-refractivity contribution in [2.24, 2.45) is 12.8 Å². The molecule has 2 aromatic carbocycles. The van der Waals surface area contributed by atoms with Gasteiger partial charge in [0.1, 0.15) is 10.6 Å². The van der Waals surface area contributed by atoms with Crippen LogP contribution in [0.1, 0.15) is 31.2 Å². The van der Waals surface area contributed by atoms with Crippen molar-refractivity contribution < 1.29 is 22.8 Å². The van der Waals surface area contributed by atoms with Crippen molar-refractivity contribution in [3.05, 3.63) is 83.7 Å². The Kier molecular flexibility index (Phi) is 6.72. The van der Waals surface area contributed by atoms with Gasteiger partial charge in [-0.05, 0) is 30.3 Å². The minimum Gasteiger partial charge on any atom is -0.364 e. The van der Waals surface area contributed by atoms with Gasteiger partial charge >= 0.3 is 0 Å². The van der Waals surface area contributed by atoms with E-state index in [4.69, 9.17) is 5.73 Å². The first-order valence-corrected chi connectivity index (χ1v) is 12.3. The molecular formula is C24H25N5O5S. The summed E-state index contributed by atoms with van der Waals surface area (Å²) in [7, 11) is -2.31. The van der Waals surface area contributed by atoms with Gasteiger partial charge in [0.2, 0.25) is 10.0 Å². The van der Waals surface area contributed by atoms with Crippen LogP contribution in [0.2, 0.25) is 0 Å². The molecule has 0 unspecified atom stereocenters. The largest absolute Gasteiger partial charge is 0.364 e. The highest BCUT2D eigenvalue weighted by atomic mass is 32.2. The highest BCUT2D eigenvalue weighted by molar-refractivity contribution is 7.89. The number of piperazine rings is 1. The Morgan fingerprint density at radius 3 is 2.17 bits per heavy atom. The van der Waals surface area contributed by atoms with E-state index in [1.54, 1.807) is 60.5 Å². The van der Waals surface area contributed by atoms with Crippen LogP contribution in [0.4, 0.5) is 5.69 Å². The second-order valence-electron chi connectivity index (χ2n) is 8.10. The van der Waals surface area contributed by atoms with Gasteiger partial charge in [-0.15, -0.1) is 0 Å². The normalized spacial score (nSPS) is 14.5. The van der Waals surface area contributed by atoms with Crippen molar-refractivity contribution in [1.82, 2.24) is 13.8 Å². The number of anilines is 1. The zero-order valence-corrected chi connectivity index (χ0v) is 19.9. The minimum absolute atomic E-state index is 0.0254. The number of hydrogen-bond donors (Lipinski definition) is 2. The second-order valence-corrected chi connectivity index (χ2v) is 10.0. The Morgan fingerprint density at radius 2 is 1.54 bits per heavy atom. The van der Waals surface area contributed by atoms with Crippen molar-refractivity contribution in [2.45, 2.75) is 4.90 Å². The Morgan fingerprint density at radius 1 is 0.914 bits per heavy atom. The topological polar surface area (TPSA) is 135 Å². The highest BCUT2D eigenvalue weighted by Gasteiger charge is 2.32. The van der Waals surface area contributed by atoms with Crippen LogP contribution in [-0.2, 0) is 17.1 Å². The molecule has 11 heteroatoms. The number of hydrogen-bond acceptors (Lipinski definition) is 5. The SMILES string of the molecule is Cn1cc(S(=O)(=O)N2CCN(C(=O)c3ccccc3NC(=O)c3ccccc3)CC2)cc1C(N)=O. The van der Waals surface area contributed by atoms with Crippen LogP contribution in [0.15, 0.2) is 71.8 Å². The minimum atomic E-state index is -3.86. The van der Waals surface area contributed by atoms with E-state index in [9.17, 15) is 22.8 Å². The lowest BCUT2D eigenvalue weighted by Crippen LogP contribution is -2.50. The monoisotopic (exact) mass is 495 g/mol. The zero-order valence-electron chi connectivity index (χ0n) is 19.0. The summed E-state index contributed by atoms with van der Waals surface area (Å²) in [6.45, 7) is 0.532. The zero-order chi connectivity index (χ0) is 25.2. The van der Waals surface area contributed by atoms with Crippen LogP contribution < -0.4 is 11.1 Å². The summed E-state index contributed by atoms with van der Waals surface area (Å²) >= 11 is 0. The number of nitrogens with two attached hydrogens (primary N) is 1. The third-order valence-corrected chi connectivity index (χ3v) is 7.70. The van der Waals surface area contributed by atoms with E-state index in [2.05, 4.69) is 5.32 Å². The first kappa shape index (κ1) is 24.2. The molecule has 182 valence electrons. The maximum atomic E-state index is 13.2. The Bertz CT molecular complexity index is 1380. The number of aromatic nitrogens is 1. The van der Waals surface area contributed by atoms with Gasteiger partial charge in [0, 0.05) is 45.0 Å². The van der Waals surface area contributed by atoms with Gasteiger partial charge in [0.15, 0.2) is 0 Å². The number of primary amides is 1. The molecule has 1 aromatic heterocycles. The van der Waals surface area contributed by atoms with Gasteiger partial charge in [-0.25, -0.2) is 8.42 Å². The van der Waals surface area contributed by atoms with Crippen LogP contribution >= 0.6 is 0 Å². The molecule has 35 heavy (non-hydrogen) atoms. The fraction of sp³-hybridized carbons (Fsp3) is 0.208. The van der Waals surface area contributed by atoms with Crippen LogP contribution in [0.25, 0.3) is 0 Å². The van der Waals surface area contributed by atoms with Crippen LogP contribution in [0.5, 0.6) is 0 Å². The van der Waals surface area contributed by atoms with Gasteiger partial charge in [-0.2, -0.15) is 4.31 Å². The quantitative estimate of drug-likeness (QED) is 0.535. The van der Waals surface area contributed by atoms with Gasteiger partial charge < -0.3 is 20.5 Å². The van der Waals surface area contributed by atoms with E-state index in [-0.39, 0.29) is 48.6 Å². The fourth-order valence-corrected chi connectivity index (χ4v) is 5.43. The molecule has 0 saturated carbocycles. The van der Waals surface area contributed by atoms with Crippen LogP contribution in [-0.4, -0.2) is 66.1 Å². The molecule has 3 N–H and O–H groups in total. The smallest absolute Gasteiger partial charge is 0.265 e. The van der Waals surface area contributed by atoms with Crippen molar-refractivity contribution in [3.63, 3.8) is 0 Å². The third-order valence-electron chi connectivity index (χ3n) is 5.84. The summed E-state index contributed by atoms with van der Waals surface area (Å²) in [6.07, 6.45) is 1.35. The number of amides is 3. The molecule has 3 aromatic rings. The average Bonchev–Trinajstić information content (AvgIpc) is 3.27. The molecule has 4 rings (SSSR count). The van der Waals surface area contributed by atoms with Crippen LogP contribution in [0.3, 0.4) is 0 Å². The second kappa shape index (κ2) is 9.72. The Hall–Kier alpha value is -3.96. The number of para-hydroxylation sites is 1. The molecule has 10 nitrogen and oxygen atoms in total. The van der Waals surface area contributed by atoms with E-state index in [0.29, 0.717) is 16.8 Å². The van der Waals surface area contributed by atoms with Crippen molar-refractivity contribution in [1.29, 1.82) is 0 Å².